The number of nitrogens with one attached hydrogen (secondary N) is 2. The zero-order chi connectivity index (χ0) is 16.1. The maximum absolute atomic E-state index is 12.2. The second kappa shape index (κ2) is 7.43. The Kier molecular flexibility index (Phi) is 5.09. The Labute approximate surface area is 139 Å². The van der Waals surface area contributed by atoms with Gasteiger partial charge in [0.15, 0.2) is 0 Å². The lowest BCUT2D eigenvalue weighted by Crippen LogP contribution is -2.51. The van der Waals surface area contributed by atoms with E-state index in [0.29, 0.717) is 24.7 Å². The number of halogens is 1. The van der Waals surface area contributed by atoms with Gasteiger partial charge in [0.1, 0.15) is 12.2 Å². The molecule has 0 unspecified atom stereocenters. The van der Waals surface area contributed by atoms with Crippen molar-refractivity contribution in [2.24, 2.45) is 0 Å². The molecule has 3 rings (SSSR count). The molecular weight excluding hydrogens is 316 g/mol. The van der Waals surface area contributed by atoms with E-state index in [-0.39, 0.29) is 6.03 Å². The Hall–Kier alpha value is -2.12. The van der Waals surface area contributed by atoms with E-state index in [1.165, 1.54) is 6.33 Å². The van der Waals surface area contributed by atoms with Crippen LogP contribution in [0.1, 0.15) is 11.4 Å². The summed E-state index contributed by atoms with van der Waals surface area (Å²) in [5.41, 5.74) is 0.995. The highest BCUT2D eigenvalue weighted by atomic mass is 35.5. The fourth-order valence-electron chi connectivity index (χ4n) is 2.56. The number of benzene rings is 1. The highest BCUT2D eigenvalue weighted by Crippen LogP contribution is 2.11. The number of aromatic nitrogens is 3. The quantitative estimate of drug-likeness (QED) is 0.888. The van der Waals surface area contributed by atoms with E-state index >= 15 is 0 Å². The molecule has 23 heavy (non-hydrogen) atoms. The summed E-state index contributed by atoms with van der Waals surface area (Å²) in [6.45, 7) is 4.28. The van der Waals surface area contributed by atoms with Crippen LogP contribution in [0.2, 0.25) is 5.02 Å². The number of H-pyrrole nitrogens is 1. The van der Waals surface area contributed by atoms with Crippen molar-refractivity contribution < 1.29 is 4.79 Å². The summed E-state index contributed by atoms with van der Waals surface area (Å²) < 4.78 is 0. The van der Waals surface area contributed by atoms with Gasteiger partial charge in [-0.3, -0.25) is 10.00 Å². The van der Waals surface area contributed by atoms with Gasteiger partial charge in [-0.2, -0.15) is 5.10 Å². The van der Waals surface area contributed by atoms with E-state index in [2.05, 4.69) is 25.4 Å². The lowest BCUT2D eigenvalue weighted by atomic mass is 10.2. The van der Waals surface area contributed by atoms with E-state index in [9.17, 15) is 4.79 Å². The van der Waals surface area contributed by atoms with Crippen LogP contribution in [0.4, 0.5) is 4.79 Å². The molecule has 2 aromatic rings. The van der Waals surface area contributed by atoms with Crippen molar-refractivity contribution >= 4 is 17.6 Å². The number of aromatic amines is 1. The van der Waals surface area contributed by atoms with Crippen molar-refractivity contribution in [1.29, 1.82) is 0 Å². The minimum Gasteiger partial charge on any atom is -0.334 e. The first-order valence-corrected chi connectivity index (χ1v) is 7.92. The summed E-state index contributed by atoms with van der Waals surface area (Å²) in [5, 5.41) is 10.3. The van der Waals surface area contributed by atoms with Crippen LogP contribution in [-0.4, -0.2) is 57.2 Å². The van der Waals surface area contributed by atoms with Gasteiger partial charge in [0.2, 0.25) is 0 Å². The van der Waals surface area contributed by atoms with Crippen LogP contribution in [0.15, 0.2) is 30.6 Å². The fraction of sp³-hybridized carbons (Fsp3) is 0.400. The summed E-state index contributed by atoms with van der Waals surface area (Å²) in [4.78, 5) is 20.4. The zero-order valence-corrected chi connectivity index (χ0v) is 13.5. The average Bonchev–Trinajstić information content (AvgIpc) is 3.06. The molecule has 2 amide bonds. The van der Waals surface area contributed by atoms with Crippen molar-refractivity contribution in [2.75, 3.05) is 26.2 Å². The summed E-state index contributed by atoms with van der Waals surface area (Å²) in [6.07, 6.45) is 1.51. The number of urea groups is 1. The fourth-order valence-corrected chi connectivity index (χ4v) is 2.78. The number of hydrogen-bond acceptors (Lipinski definition) is 4. The molecule has 1 aliphatic heterocycles. The van der Waals surface area contributed by atoms with Crippen LogP contribution in [0.25, 0.3) is 0 Å². The Balaban J connectivity index is 1.43. The molecule has 2 heterocycles. The molecule has 1 aliphatic rings. The molecule has 122 valence electrons. The predicted molar refractivity (Wildman–Crippen MR) is 86.9 cm³/mol. The molecule has 0 spiro atoms. The van der Waals surface area contributed by atoms with E-state index in [1.54, 1.807) is 0 Å². The SMILES string of the molecule is O=C(NCc1cccc(Cl)c1)N1CCN(Cc2ncn[nH]2)CC1. The first-order valence-electron chi connectivity index (χ1n) is 7.54. The molecule has 1 aromatic heterocycles. The molecule has 0 aliphatic carbocycles. The molecule has 1 fully saturated rings. The number of carbonyl (C=O) groups excluding carboxylic acids is 1. The van der Waals surface area contributed by atoms with E-state index in [1.807, 2.05) is 29.2 Å². The van der Waals surface area contributed by atoms with Crippen LogP contribution in [0.5, 0.6) is 0 Å². The van der Waals surface area contributed by atoms with Gasteiger partial charge >= 0.3 is 6.03 Å². The second-order valence-electron chi connectivity index (χ2n) is 5.48. The molecule has 7 nitrogen and oxygen atoms in total. The van der Waals surface area contributed by atoms with E-state index in [4.69, 9.17) is 11.6 Å². The van der Waals surface area contributed by atoms with Crippen molar-refractivity contribution in [3.8, 4) is 0 Å². The molecule has 0 radical (unpaired) electrons. The first-order chi connectivity index (χ1) is 11.2. The minimum atomic E-state index is -0.0377. The number of nitrogens with zero attached hydrogens (tertiary/aromatic N) is 4. The predicted octanol–water partition coefficient (Wildman–Crippen LogP) is 1.49. The molecule has 0 bridgehead atoms. The highest BCUT2D eigenvalue weighted by molar-refractivity contribution is 6.30. The second-order valence-corrected chi connectivity index (χ2v) is 5.92. The van der Waals surface area contributed by atoms with E-state index in [0.717, 1.165) is 31.0 Å². The standard InChI is InChI=1S/C15H19ClN6O/c16-13-3-1-2-12(8-13)9-17-15(23)22-6-4-21(5-7-22)10-14-18-11-19-20-14/h1-3,8,11H,4-7,9-10H2,(H,17,23)(H,18,19,20). The molecule has 2 N–H and O–H groups in total. The minimum absolute atomic E-state index is 0.0377. The molecule has 1 saturated heterocycles. The highest BCUT2D eigenvalue weighted by Gasteiger charge is 2.21. The largest absolute Gasteiger partial charge is 0.334 e. The summed E-state index contributed by atoms with van der Waals surface area (Å²) >= 11 is 5.94. The lowest BCUT2D eigenvalue weighted by Gasteiger charge is -2.34. The van der Waals surface area contributed by atoms with Crippen LogP contribution in [0, 0.1) is 0 Å². The van der Waals surface area contributed by atoms with Crippen molar-refractivity contribution in [3.05, 3.63) is 47.0 Å². The summed E-state index contributed by atoms with van der Waals surface area (Å²) in [6, 6.07) is 7.47. The third-order valence-corrected chi connectivity index (χ3v) is 4.07. The normalized spacial score (nSPS) is 15.6. The Bertz CT molecular complexity index is 639. The number of piperazine rings is 1. The monoisotopic (exact) mass is 334 g/mol. The summed E-state index contributed by atoms with van der Waals surface area (Å²) in [5.74, 6) is 0.851. The molecule has 1 aromatic carbocycles. The number of rotatable bonds is 4. The summed E-state index contributed by atoms with van der Waals surface area (Å²) in [7, 11) is 0. The van der Waals surface area contributed by atoms with Gasteiger partial charge in [0.05, 0.1) is 6.54 Å². The van der Waals surface area contributed by atoms with Crippen molar-refractivity contribution in [3.63, 3.8) is 0 Å². The van der Waals surface area contributed by atoms with Crippen LogP contribution in [0.3, 0.4) is 0 Å². The van der Waals surface area contributed by atoms with Crippen LogP contribution in [-0.2, 0) is 13.1 Å². The Morgan fingerprint density at radius 2 is 2.13 bits per heavy atom. The lowest BCUT2D eigenvalue weighted by molar-refractivity contribution is 0.133. The van der Waals surface area contributed by atoms with Gasteiger partial charge in [-0.25, -0.2) is 9.78 Å². The topological polar surface area (TPSA) is 77.2 Å². The van der Waals surface area contributed by atoms with Gasteiger partial charge in [0, 0.05) is 37.7 Å². The maximum Gasteiger partial charge on any atom is 0.317 e. The van der Waals surface area contributed by atoms with Gasteiger partial charge in [-0.15, -0.1) is 0 Å². The van der Waals surface area contributed by atoms with Crippen molar-refractivity contribution in [1.82, 2.24) is 30.3 Å². The molecule has 0 atom stereocenters. The Morgan fingerprint density at radius 3 is 2.83 bits per heavy atom. The van der Waals surface area contributed by atoms with Crippen LogP contribution < -0.4 is 5.32 Å². The van der Waals surface area contributed by atoms with Gasteiger partial charge in [-0.1, -0.05) is 23.7 Å². The Morgan fingerprint density at radius 1 is 1.30 bits per heavy atom. The van der Waals surface area contributed by atoms with Gasteiger partial charge in [0.25, 0.3) is 0 Å². The van der Waals surface area contributed by atoms with Gasteiger partial charge < -0.3 is 10.2 Å². The zero-order valence-electron chi connectivity index (χ0n) is 12.7. The van der Waals surface area contributed by atoms with Crippen LogP contribution >= 0.6 is 11.6 Å². The number of hydrogen-bond donors (Lipinski definition) is 2. The smallest absolute Gasteiger partial charge is 0.317 e. The first kappa shape index (κ1) is 15.8. The third kappa shape index (κ3) is 4.43. The maximum atomic E-state index is 12.2. The van der Waals surface area contributed by atoms with Gasteiger partial charge in [-0.05, 0) is 17.7 Å². The molecular formula is C15H19ClN6O. The number of carbonyl (C=O) groups is 1. The molecule has 0 saturated carbocycles. The molecule has 8 heteroatoms. The third-order valence-electron chi connectivity index (χ3n) is 3.83. The van der Waals surface area contributed by atoms with Crippen molar-refractivity contribution in [2.45, 2.75) is 13.1 Å². The van der Waals surface area contributed by atoms with E-state index < -0.39 is 0 Å². The average molecular weight is 335 g/mol. The number of amides is 2.